The van der Waals surface area contributed by atoms with Crippen molar-refractivity contribution in [3.63, 3.8) is 0 Å². The van der Waals surface area contributed by atoms with Crippen LogP contribution in [0.3, 0.4) is 0 Å². The van der Waals surface area contributed by atoms with Gasteiger partial charge in [-0.2, -0.15) is 0 Å². The zero-order chi connectivity index (χ0) is 12.0. The van der Waals surface area contributed by atoms with Gasteiger partial charge in [0.1, 0.15) is 5.78 Å². The summed E-state index contributed by atoms with van der Waals surface area (Å²) in [5.74, 6) is 0.469. The van der Waals surface area contributed by atoms with Crippen LogP contribution >= 0.6 is 15.9 Å². The van der Waals surface area contributed by atoms with Crippen molar-refractivity contribution in [3.8, 4) is 0 Å². The van der Waals surface area contributed by atoms with Crippen LogP contribution < -0.4 is 0 Å². The highest BCUT2D eigenvalue weighted by molar-refractivity contribution is 9.10. The van der Waals surface area contributed by atoms with Crippen LogP contribution in [0.5, 0.6) is 0 Å². The Labute approximate surface area is 110 Å². The molecule has 1 atom stereocenters. The fourth-order valence-electron chi connectivity index (χ4n) is 3.15. The van der Waals surface area contributed by atoms with Gasteiger partial charge in [0.15, 0.2) is 0 Å². The Bertz CT molecular complexity index is 467. The molecule has 0 radical (unpaired) electrons. The van der Waals surface area contributed by atoms with E-state index >= 15 is 0 Å². The first-order valence-electron chi connectivity index (χ1n) is 6.13. The minimum Gasteiger partial charge on any atom is -0.299 e. The monoisotopic (exact) mass is 293 g/mol. The van der Waals surface area contributed by atoms with Crippen LogP contribution in [0.4, 0.5) is 0 Å². The molecule has 1 aliphatic heterocycles. The number of rotatable bonds is 1. The Morgan fingerprint density at radius 1 is 1.35 bits per heavy atom. The SMILES string of the molecule is CN1CCC(=O)C2(CC2)C1c1ccccc1Br. The summed E-state index contributed by atoms with van der Waals surface area (Å²) in [4.78, 5) is 14.5. The molecule has 1 aromatic carbocycles. The number of carbonyl (C=O) groups is 1. The topological polar surface area (TPSA) is 20.3 Å². The summed E-state index contributed by atoms with van der Waals surface area (Å²) in [7, 11) is 2.14. The van der Waals surface area contributed by atoms with E-state index in [4.69, 9.17) is 0 Å². The molecule has 1 unspecified atom stereocenters. The Balaban J connectivity index is 2.05. The van der Waals surface area contributed by atoms with Gasteiger partial charge in [0.25, 0.3) is 0 Å². The zero-order valence-corrected chi connectivity index (χ0v) is 11.5. The summed E-state index contributed by atoms with van der Waals surface area (Å²) < 4.78 is 1.12. The maximum atomic E-state index is 12.2. The van der Waals surface area contributed by atoms with E-state index in [0.717, 1.165) is 30.3 Å². The van der Waals surface area contributed by atoms with E-state index in [1.807, 2.05) is 6.07 Å². The number of piperidine rings is 1. The van der Waals surface area contributed by atoms with Gasteiger partial charge >= 0.3 is 0 Å². The van der Waals surface area contributed by atoms with Gasteiger partial charge in [-0.1, -0.05) is 34.1 Å². The molecule has 1 saturated carbocycles. The van der Waals surface area contributed by atoms with E-state index in [-0.39, 0.29) is 11.5 Å². The molecule has 1 aliphatic carbocycles. The molecular weight excluding hydrogens is 278 g/mol. The lowest BCUT2D eigenvalue weighted by atomic mass is 9.81. The number of likely N-dealkylation sites (tertiary alicyclic amines) is 1. The first-order chi connectivity index (χ1) is 8.15. The summed E-state index contributed by atoms with van der Waals surface area (Å²) in [6.07, 6.45) is 2.84. The molecule has 17 heavy (non-hydrogen) atoms. The number of halogens is 1. The largest absolute Gasteiger partial charge is 0.299 e. The molecule has 1 aromatic rings. The average molecular weight is 294 g/mol. The van der Waals surface area contributed by atoms with Crippen molar-refractivity contribution < 1.29 is 4.79 Å². The second-order valence-corrected chi connectivity index (χ2v) is 6.09. The summed E-state index contributed by atoms with van der Waals surface area (Å²) >= 11 is 3.62. The third kappa shape index (κ3) is 1.67. The van der Waals surface area contributed by atoms with E-state index in [0.29, 0.717) is 5.78 Å². The van der Waals surface area contributed by atoms with Gasteiger partial charge in [-0.25, -0.2) is 0 Å². The molecule has 2 nitrogen and oxygen atoms in total. The Morgan fingerprint density at radius 3 is 2.71 bits per heavy atom. The molecule has 1 spiro atoms. The Hall–Kier alpha value is -0.670. The molecule has 2 fully saturated rings. The standard InChI is InChI=1S/C14H16BrNO/c1-16-9-6-12(17)14(7-8-14)13(16)10-4-2-3-5-11(10)15/h2-5,13H,6-9H2,1H3. The molecule has 90 valence electrons. The minimum atomic E-state index is -0.0725. The predicted molar refractivity (Wildman–Crippen MR) is 70.8 cm³/mol. The molecule has 0 bridgehead atoms. The first kappa shape index (κ1) is 11.4. The van der Waals surface area contributed by atoms with Crippen LogP contribution in [-0.4, -0.2) is 24.3 Å². The minimum absolute atomic E-state index is 0.0725. The summed E-state index contributed by atoms with van der Waals surface area (Å²) in [6, 6.07) is 8.56. The molecule has 0 amide bonds. The fourth-order valence-corrected chi connectivity index (χ4v) is 3.65. The van der Waals surface area contributed by atoms with Crippen molar-refractivity contribution in [2.75, 3.05) is 13.6 Å². The Morgan fingerprint density at radius 2 is 2.06 bits per heavy atom. The first-order valence-corrected chi connectivity index (χ1v) is 6.92. The predicted octanol–water partition coefficient (Wildman–Crippen LogP) is 3.18. The second-order valence-electron chi connectivity index (χ2n) is 5.23. The normalized spacial score (nSPS) is 27.4. The van der Waals surface area contributed by atoms with Crippen molar-refractivity contribution in [2.24, 2.45) is 5.41 Å². The molecule has 0 aromatic heterocycles. The summed E-state index contributed by atoms with van der Waals surface area (Å²) in [5.41, 5.74) is 1.19. The number of ketones is 1. The highest BCUT2D eigenvalue weighted by Gasteiger charge is 2.58. The van der Waals surface area contributed by atoms with Crippen LogP contribution in [0.15, 0.2) is 28.7 Å². The maximum Gasteiger partial charge on any atom is 0.142 e. The summed E-state index contributed by atoms with van der Waals surface area (Å²) in [6.45, 7) is 0.882. The molecule has 3 heteroatoms. The van der Waals surface area contributed by atoms with Crippen LogP contribution in [0.25, 0.3) is 0 Å². The highest BCUT2D eigenvalue weighted by atomic mass is 79.9. The molecule has 3 rings (SSSR count). The van der Waals surface area contributed by atoms with Gasteiger partial charge in [-0.15, -0.1) is 0 Å². The molecule has 2 aliphatic rings. The number of carbonyl (C=O) groups excluding carboxylic acids is 1. The quantitative estimate of drug-likeness (QED) is 0.793. The van der Waals surface area contributed by atoms with E-state index in [1.54, 1.807) is 0 Å². The van der Waals surface area contributed by atoms with Gasteiger partial charge < -0.3 is 0 Å². The Kier molecular flexibility index (Phi) is 2.64. The number of hydrogen-bond donors (Lipinski definition) is 0. The van der Waals surface area contributed by atoms with Crippen LogP contribution in [-0.2, 0) is 4.79 Å². The lowest BCUT2D eigenvalue weighted by Crippen LogP contribution is -2.43. The summed E-state index contributed by atoms with van der Waals surface area (Å²) in [5, 5.41) is 0. The molecule has 1 saturated heterocycles. The van der Waals surface area contributed by atoms with Crippen LogP contribution in [0.1, 0.15) is 30.9 Å². The number of Topliss-reactive ketones (excluding diaryl/α,β-unsaturated/α-hetero) is 1. The lowest BCUT2D eigenvalue weighted by Gasteiger charge is -2.39. The third-order valence-electron chi connectivity index (χ3n) is 4.20. The van der Waals surface area contributed by atoms with Crippen molar-refractivity contribution in [2.45, 2.75) is 25.3 Å². The molecular formula is C14H16BrNO. The smallest absolute Gasteiger partial charge is 0.142 e. The molecule has 1 heterocycles. The number of hydrogen-bond acceptors (Lipinski definition) is 2. The van der Waals surface area contributed by atoms with E-state index < -0.39 is 0 Å². The van der Waals surface area contributed by atoms with Crippen LogP contribution in [0.2, 0.25) is 0 Å². The number of benzene rings is 1. The highest BCUT2D eigenvalue weighted by Crippen LogP contribution is 2.60. The van der Waals surface area contributed by atoms with Crippen molar-refractivity contribution >= 4 is 21.7 Å². The van der Waals surface area contributed by atoms with Gasteiger partial charge in [-0.05, 0) is 31.5 Å². The zero-order valence-electron chi connectivity index (χ0n) is 9.95. The van der Waals surface area contributed by atoms with Gasteiger partial charge in [-0.3, -0.25) is 9.69 Å². The molecule has 0 N–H and O–H groups in total. The van der Waals surface area contributed by atoms with E-state index in [1.165, 1.54) is 5.56 Å². The van der Waals surface area contributed by atoms with Gasteiger partial charge in [0.2, 0.25) is 0 Å². The van der Waals surface area contributed by atoms with Crippen molar-refractivity contribution in [1.82, 2.24) is 4.90 Å². The second kappa shape index (κ2) is 3.92. The van der Waals surface area contributed by atoms with Gasteiger partial charge in [0.05, 0.1) is 0 Å². The maximum absolute atomic E-state index is 12.2. The van der Waals surface area contributed by atoms with Crippen molar-refractivity contribution in [3.05, 3.63) is 34.3 Å². The van der Waals surface area contributed by atoms with Gasteiger partial charge in [0, 0.05) is 28.9 Å². The van der Waals surface area contributed by atoms with E-state index in [2.05, 4.69) is 46.1 Å². The van der Waals surface area contributed by atoms with Crippen molar-refractivity contribution in [1.29, 1.82) is 0 Å². The fraction of sp³-hybridized carbons (Fsp3) is 0.500. The third-order valence-corrected chi connectivity index (χ3v) is 4.92. The number of nitrogens with zero attached hydrogens (tertiary/aromatic N) is 1. The average Bonchev–Trinajstić information content (AvgIpc) is 3.09. The lowest BCUT2D eigenvalue weighted by molar-refractivity contribution is -0.130. The van der Waals surface area contributed by atoms with E-state index in [9.17, 15) is 4.79 Å². The van der Waals surface area contributed by atoms with Crippen LogP contribution in [0, 0.1) is 5.41 Å².